The molecule has 0 saturated carbocycles. The van der Waals surface area contributed by atoms with Crippen LogP contribution < -0.4 is 0 Å². The molecule has 0 unspecified atom stereocenters. The molecular weight excluding hydrogens is 188 g/mol. The van der Waals surface area contributed by atoms with Crippen molar-refractivity contribution in [3.8, 4) is 0 Å². The standard InChI is InChI=1S/C12H24N2O/c1-9-5-6-10(2)14(9)13-7-11(3)15-12(4)8-13/h9-12H,5-8H2,1-4H3/t9-,10+,11-,12-/m1/s1. The van der Waals surface area contributed by atoms with Crippen molar-refractivity contribution in [2.45, 2.75) is 64.8 Å². The van der Waals surface area contributed by atoms with Crippen LogP contribution in [0.15, 0.2) is 0 Å². The molecule has 2 aliphatic rings. The van der Waals surface area contributed by atoms with Crippen LogP contribution in [0.2, 0.25) is 0 Å². The molecule has 0 aromatic carbocycles. The summed E-state index contributed by atoms with van der Waals surface area (Å²) in [6, 6.07) is 1.41. The molecular formula is C12H24N2O. The van der Waals surface area contributed by atoms with E-state index in [9.17, 15) is 0 Å². The number of hydrazine groups is 1. The molecule has 2 rings (SSSR count). The molecule has 2 heterocycles. The Hall–Kier alpha value is -0.120. The third-order valence-electron chi connectivity index (χ3n) is 3.63. The summed E-state index contributed by atoms with van der Waals surface area (Å²) in [6.45, 7) is 11.1. The number of hydrogen-bond acceptors (Lipinski definition) is 3. The zero-order chi connectivity index (χ0) is 11.0. The van der Waals surface area contributed by atoms with E-state index in [0.29, 0.717) is 24.3 Å². The van der Waals surface area contributed by atoms with Gasteiger partial charge in [0.05, 0.1) is 12.2 Å². The van der Waals surface area contributed by atoms with Gasteiger partial charge in [-0.2, -0.15) is 0 Å². The second kappa shape index (κ2) is 4.40. The lowest BCUT2D eigenvalue weighted by Crippen LogP contribution is -2.56. The highest BCUT2D eigenvalue weighted by Crippen LogP contribution is 2.27. The van der Waals surface area contributed by atoms with Crippen molar-refractivity contribution in [2.24, 2.45) is 0 Å². The van der Waals surface area contributed by atoms with E-state index in [1.807, 2.05) is 0 Å². The largest absolute Gasteiger partial charge is 0.373 e. The predicted octanol–water partition coefficient (Wildman–Crippen LogP) is 1.88. The summed E-state index contributed by atoms with van der Waals surface area (Å²) in [5.41, 5.74) is 0. The van der Waals surface area contributed by atoms with Gasteiger partial charge in [0, 0.05) is 25.2 Å². The van der Waals surface area contributed by atoms with E-state index < -0.39 is 0 Å². The van der Waals surface area contributed by atoms with E-state index in [0.717, 1.165) is 13.1 Å². The first-order chi connectivity index (χ1) is 7.08. The lowest BCUT2D eigenvalue weighted by Gasteiger charge is -2.44. The smallest absolute Gasteiger partial charge is 0.0692 e. The fraction of sp³-hybridized carbons (Fsp3) is 1.00. The molecule has 0 aromatic rings. The van der Waals surface area contributed by atoms with Gasteiger partial charge in [0.15, 0.2) is 0 Å². The molecule has 88 valence electrons. The van der Waals surface area contributed by atoms with Crippen LogP contribution >= 0.6 is 0 Å². The van der Waals surface area contributed by atoms with Gasteiger partial charge >= 0.3 is 0 Å². The molecule has 2 fully saturated rings. The fourth-order valence-electron chi connectivity index (χ4n) is 3.08. The number of nitrogens with zero attached hydrogens (tertiary/aromatic N) is 2. The first-order valence-electron chi connectivity index (χ1n) is 6.26. The fourth-order valence-corrected chi connectivity index (χ4v) is 3.08. The normalized spacial score (nSPS) is 44.8. The molecule has 3 nitrogen and oxygen atoms in total. The molecule has 0 radical (unpaired) electrons. The summed E-state index contributed by atoms with van der Waals surface area (Å²) < 4.78 is 5.78. The van der Waals surface area contributed by atoms with E-state index in [1.165, 1.54) is 12.8 Å². The van der Waals surface area contributed by atoms with Gasteiger partial charge in [0.25, 0.3) is 0 Å². The van der Waals surface area contributed by atoms with Gasteiger partial charge < -0.3 is 4.74 Å². The highest BCUT2D eigenvalue weighted by atomic mass is 16.5. The first kappa shape index (κ1) is 11.4. The molecule has 0 amide bonds. The van der Waals surface area contributed by atoms with E-state index in [4.69, 9.17) is 4.74 Å². The second-order valence-electron chi connectivity index (χ2n) is 5.28. The Morgan fingerprint density at radius 3 is 1.80 bits per heavy atom. The Bertz CT molecular complexity index is 202. The summed E-state index contributed by atoms with van der Waals surface area (Å²) in [5, 5.41) is 5.09. The zero-order valence-electron chi connectivity index (χ0n) is 10.4. The Morgan fingerprint density at radius 1 is 0.867 bits per heavy atom. The van der Waals surface area contributed by atoms with Crippen molar-refractivity contribution < 1.29 is 4.74 Å². The molecule has 2 aliphatic heterocycles. The minimum atomic E-state index is 0.369. The molecule has 0 N–H and O–H groups in total. The maximum atomic E-state index is 5.78. The molecule has 4 atom stereocenters. The lowest BCUT2D eigenvalue weighted by atomic mass is 10.2. The van der Waals surface area contributed by atoms with Gasteiger partial charge in [0.1, 0.15) is 0 Å². The molecule has 0 aliphatic carbocycles. The third kappa shape index (κ3) is 2.35. The van der Waals surface area contributed by atoms with Crippen LogP contribution in [-0.4, -0.2) is 47.4 Å². The van der Waals surface area contributed by atoms with Crippen LogP contribution in [0.25, 0.3) is 0 Å². The minimum Gasteiger partial charge on any atom is -0.373 e. The van der Waals surface area contributed by atoms with Gasteiger partial charge in [-0.3, -0.25) is 0 Å². The van der Waals surface area contributed by atoms with Crippen molar-refractivity contribution in [2.75, 3.05) is 13.1 Å². The summed E-state index contributed by atoms with van der Waals surface area (Å²) >= 11 is 0. The molecule has 0 aromatic heterocycles. The first-order valence-corrected chi connectivity index (χ1v) is 6.26. The predicted molar refractivity (Wildman–Crippen MR) is 61.6 cm³/mol. The monoisotopic (exact) mass is 212 g/mol. The quantitative estimate of drug-likeness (QED) is 0.660. The Labute approximate surface area is 93.3 Å². The van der Waals surface area contributed by atoms with Gasteiger partial charge in [-0.1, -0.05) is 0 Å². The summed E-state index contributed by atoms with van der Waals surface area (Å²) in [5.74, 6) is 0. The molecule has 2 saturated heterocycles. The molecule has 0 bridgehead atoms. The third-order valence-corrected chi connectivity index (χ3v) is 3.63. The van der Waals surface area contributed by atoms with Crippen molar-refractivity contribution in [3.63, 3.8) is 0 Å². The Balaban J connectivity index is 2.02. The minimum absolute atomic E-state index is 0.369. The van der Waals surface area contributed by atoms with E-state index in [2.05, 4.69) is 37.7 Å². The number of ether oxygens (including phenoxy) is 1. The molecule has 15 heavy (non-hydrogen) atoms. The van der Waals surface area contributed by atoms with Crippen molar-refractivity contribution in [1.29, 1.82) is 0 Å². The molecule has 3 heteroatoms. The van der Waals surface area contributed by atoms with Gasteiger partial charge in [0.2, 0.25) is 0 Å². The number of hydrogen-bond donors (Lipinski definition) is 0. The van der Waals surface area contributed by atoms with Gasteiger partial charge in [-0.15, -0.1) is 0 Å². The maximum Gasteiger partial charge on any atom is 0.0692 e. The summed E-state index contributed by atoms with van der Waals surface area (Å²) in [7, 11) is 0. The van der Waals surface area contributed by atoms with Crippen LogP contribution in [0, 0.1) is 0 Å². The average molecular weight is 212 g/mol. The van der Waals surface area contributed by atoms with Gasteiger partial charge in [-0.25, -0.2) is 10.0 Å². The van der Waals surface area contributed by atoms with E-state index >= 15 is 0 Å². The van der Waals surface area contributed by atoms with E-state index in [1.54, 1.807) is 0 Å². The van der Waals surface area contributed by atoms with Crippen LogP contribution in [0.5, 0.6) is 0 Å². The average Bonchev–Trinajstić information content (AvgIpc) is 2.44. The highest BCUT2D eigenvalue weighted by molar-refractivity contribution is 4.83. The topological polar surface area (TPSA) is 15.7 Å². The SMILES string of the molecule is C[C@@H]1CN(N2[C@H](C)CC[C@@H]2C)C[C@@H](C)O1. The Kier molecular flexibility index (Phi) is 3.33. The van der Waals surface area contributed by atoms with Crippen LogP contribution in [0.4, 0.5) is 0 Å². The summed E-state index contributed by atoms with van der Waals surface area (Å²) in [4.78, 5) is 0. The van der Waals surface area contributed by atoms with Gasteiger partial charge in [-0.05, 0) is 40.5 Å². The van der Waals surface area contributed by atoms with Crippen LogP contribution in [0.1, 0.15) is 40.5 Å². The van der Waals surface area contributed by atoms with Crippen LogP contribution in [-0.2, 0) is 4.74 Å². The van der Waals surface area contributed by atoms with Crippen molar-refractivity contribution in [3.05, 3.63) is 0 Å². The highest BCUT2D eigenvalue weighted by Gasteiger charge is 2.35. The molecule has 0 spiro atoms. The van der Waals surface area contributed by atoms with Crippen molar-refractivity contribution >= 4 is 0 Å². The van der Waals surface area contributed by atoms with Crippen LogP contribution in [0.3, 0.4) is 0 Å². The zero-order valence-corrected chi connectivity index (χ0v) is 10.4. The second-order valence-corrected chi connectivity index (χ2v) is 5.28. The number of rotatable bonds is 1. The Morgan fingerprint density at radius 2 is 1.33 bits per heavy atom. The summed E-state index contributed by atoms with van der Waals surface area (Å²) in [6.07, 6.45) is 3.41. The van der Waals surface area contributed by atoms with Crippen molar-refractivity contribution in [1.82, 2.24) is 10.0 Å². The maximum absolute atomic E-state index is 5.78. The lowest BCUT2D eigenvalue weighted by molar-refractivity contribution is -0.160. The van der Waals surface area contributed by atoms with E-state index in [-0.39, 0.29) is 0 Å². The number of morpholine rings is 1.